The van der Waals surface area contributed by atoms with E-state index in [1.807, 2.05) is 4.90 Å². The molecule has 0 radical (unpaired) electrons. The molecule has 0 N–H and O–H groups in total. The van der Waals surface area contributed by atoms with Gasteiger partial charge in [0.15, 0.2) is 0 Å². The highest BCUT2D eigenvalue weighted by molar-refractivity contribution is 7.81. The van der Waals surface area contributed by atoms with E-state index in [4.69, 9.17) is 4.74 Å². The minimum Gasteiger partial charge on any atom is -0.450 e. The highest BCUT2D eigenvalue weighted by Gasteiger charge is 2.35. The van der Waals surface area contributed by atoms with E-state index in [0.717, 1.165) is 19.4 Å². The molecule has 2 aliphatic rings. The second-order valence-electron chi connectivity index (χ2n) is 4.82. The number of rotatable bonds is 2. The van der Waals surface area contributed by atoms with Crippen LogP contribution >= 0.6 is 12.6 Å². The molecule has 0 aliphatic carbocycles. The Bertz CT molecular complexity index is 329. The van der Waals surface area contributed by atoms with Gasteiger partial charge in [0.05, 0.1) is 6.61 Å². The van der Waals surface area contributed by atoms with Gasteiger partial charge in [0.1, 0.15) is 0 Å². The lowest BCUT2D eigenvalue weighted by Crippen LogP contribution is -2.47. The standard InChI is InChI=1S/C12H20N2O3S/c1-2-17-12(16)13-5-3-9(4-6-13)14-8-10(18)7-11(14)15/h9-10,18H,2-8H2,1H3. The largest absolute Gasteiger partial charge is 0.450 e. The summed E-state index contributed by atoms with van der Waals surface area (Å²) in [7, 11) is 0. The van der Waals surface area contributed by atoms with Crippen LogP contribution in [-0.2, 0) is 9.53 Å². The first-order valence-corrected chi connectivity index (χ1v) is 7.02. The molecule has 6 heteroatoms. The van der Waals surface area contributed by atoms with Crippen molar-refractivity contribution < 1.29 is 14.3 Å². The fourth-order valence-electron chi connectivity index (χ4n) is 2.64. The number of piperidine rings is 1. The molecular formula is C12H20N2O3S. The molecule has 0 bridgehead atoms. The van der Waals surface area contributed by atoms with Crippen LogP contribution in [-0.4, -0.2) is 59.3 Å². The number of hydrogen-bond acceptors (Lipinski definition) is 4. The highest BCUT2D eigenvalue weighted by Crippen LogP contribution is 2.24. The molecular weight excluding hydrogens is 252 g/mol. The monoisotopic (exact) mass is 272 g/mol. The smallest absolute Gasteiger partial charge is 0.409 e. The second kappa shape index (κ2) is 5.82. The number of hydrogen-bond donors (Lipinski definition) is 1. The number of ether oxygens (including phenoxy) is 1. The summed E-state index contributed by atoms with van der Waals surface area (Å²) in [5.41, 5.74) is 0. The SMILES string of the molecule is CCOC(=O)N1CCC(N2CC(S)CC2=O)CC1. The van der Waals surface area contributed by atoms with E-state index in [1.54, 1.807) is 11.8 Å². The van der Waals surface area contributed by atoms with Crippen LogP contribution in [0.2, 0.25) is 0 Å². The van der Waals surface area contributed by atoms with Crippen LogP contribution in [0.15, 0.2) is 0 Å². The van der Waals surface area contributed by atoms with E-state index in [2.05, 4.69) is 12.6 Å². The molecule has 0 aromatic rings. The van der Waals surface area contributed by atoms with Gasteiger partial charge < -0.3 is 14.5 Å². The quantitative estimate of drug-likeness (QED) is 0.767. The van der Waals surface area contributed by atoms with Gasteiger partial charge in [-0.1, -0.05) is 0 Å². The molecule has 2 rings (SSSR count). The molecule has 2 aliphatic heterocycles. The van der Waals surface area contributed by atoms with Gasteiger partial charge in [0.2, 0.25) is 5.91 Å². The number of nitrogens with zero attached hydrogens (tertiary/aromatic N) is 2. The molecule has 18 heavy (non-hydrogen) atoms. The topological polar surface area (TPSA) is 49.9 Å². The molecule has 5 nitrogen and oxygen atoms in total. The molecule has 0 aromatic carbocycles. The highest BCUT2D eigenvalue weighted by atomic mass is 32.1. The fraction of sp³-hybridized carbons (Fsp3) is 0.833. The minimum absolute atomic E-state index is 0.167. The first-order chi connectivity index (χ1) is 8.61. The number of carbonyl (C=O) groups is 2. The Balaban J connectivity index is 1.83. The summed E-state index contributed by atoms with van der Waals surface area (Å²) < 4.78 is 4.97. The van der Waals surface area contributed by atoms with Crippen molar-refractivity contribution in [3.05, 3.63) is 0 Å². The van der Waals surface area contributed by atoms with Crippen molar-refractivity contribution in [1.82, 2.24) is 9.80 Å². The van der Waals surface area contributed by atoms with E-state index < -0.39 is 0 Å². The number of likely N-dealkylation sites (tertiary alicyclic amines) is 2. The zero-order valence-corrected chi connectivity index (χ0v) is 11.6. The Morgan fingerprint density at radius 2 is 2.11 bits per heavy atom. The number of carbonyl (C=O) groups excluding carboxylic acids is 2. The van der Waals surface area contributed by atoms with Crippen LogP contribution in [0.5, 0.6) is 0 Å². The maximum Gasteiger partial charge on any atom is 0.409 e. The Morgan fingerprint density at radius 3 is 2.61 bits per heavy atom. The first-order valence-electron chi connectivity index (χ1n) is 6.51. The fourth-order valence-corrected chi connectivity index (χ4v) is 2.97. The molecule has 2 saturated heterocycles. The van der Waals surface area contributed by atoms with Gasteiger partial charge in [0, 0.05) is 37.3 Å². The number of thiol groups is 1. The predicted octanol–water partition coefficient (Wildman–Crippen LogP) is 1.14. The summed E-state index contributed by atoms with van der Waals surface area (Å²) >= 11 is 4.36. The van der Waals surface area contributed by atoms with Gasteiger partial charge in [-0.25, -0.2) is 4.79 Å². The summed E-state index contributed by atoms with van der Waals surface area (Å²) in [6, 6.07) is 0.264. The van der Waals surface area contributed by atoms with Gasteiger partial charge in [-0.05, 0) is 19.8 Å². The summed E-state index contributed by atoms with van der Waals surface area (Å²) in [4.78, 5) is 27.0. The molecule has 0 aromatic heterocycles. The van der Waals surface area contributed by atoms with Crippen LogP contribution in [0.4, 0.5) is 4.79 Å². The molecule has 2 heterocycles. The maximum absolute atomic E-state index is 11.8. The minimum atomic E-state index is -0.240. The van der Waals surface area contributed by atoms with Crippen LogP contribution in [0.3, 0.4) is 0 Å². The van der Waals surface area contributed by atoms with Gasteiger partial charge in [-0.2, -0.15) is 12.6 Å². The van der Waals surface area contributed by atoms with Gasteiger partial charge in [-0.3, -0.25) is 4.79 Å². The number of amides is 2. The zero-order valence-electron chi connectivity index (χ0n) is 10.7. The van der Waals surface area contributed by atoms with E-state index >= 15 is 0 Å². The average molecular weight is 272 g/mol. The Morgan fingerprint density at radius 1 is 1.44 bits per heavy atom. The van der Waals surface area contributed by atoms with Gasteiger partial charge in [0.25, 0.3) is 0 Å². The Labute approximate surface area is 113 Å². The summed E-state index contributed by atoms with van der Waals surface area (Å²) in [6.07, 6.45) is 1.98. The summed E-state index contributed by atoms with van der Waals surface area (Å²) in [6.45, 7) is 4.30. The van der Waals surface area contributed by atoms with Crippen molar-refractivity contribution in [3.8, 4) is 0 Å². The third-order valence-electron chi connectivity index (χ3n) is 3.57. The third-order valence-corrected chi connectivity index (χ3v) is 3.92. The van der Waals surface area contributed by atoms with Crippen molar-refractivity contribution in [2.75, 3.05) is 26.2 Å². The molecule has 1 unspecified atom stereocenters. The Hall–Kier alpha value is -0.910. The van der Waals surface area contributed by atoms with Crippen molar-refractivity contribution >= 4 is 24.6 Å². The van der Waals surface area contributed by atoms with E-state index in [1.165, 1.54) is 0 Å². The zero-order chi connectivity index (χ0) is 13.1. The van der Waals surface area contributed by atoms with Crippen molar-refractivity contribution in [1.29, 1.82) is 0 Å². The Kier molecular flexibility index (Phi) is 4.37. The average Bonchev–Trinajstić information content (AvgIpc) is 2.69. The maximum atomic E-state index is 11.8. The third kappa shape index (κ3) is 2.91. The lowest BCUT2D eigenvalue weighted by Gasteiger charge is -2.36. The van der Waals surface area contributed by atoms with Crippen molar-refractivity contribution in [2.24, 2.45) is 0 Å². The van der Waals surface area contributed by atoms with Gasteiger partial charge >= 0.3 is 6.09 Å². The van der Waals surface area contributed by atoms with Gasteiger partial charge in [-0.15, -0.1) is 0 Å². The second-order valence-corrected chi connectivity index (χ2v) is 5.55. The van der Waals surface area contributed by atoms with E-state index in [9.17, 15) is 9.59 Å². The first kappa shape index (κ1) is 13.5. The van der Waals surface area contributed by atoms with Crippen LogP contribution in [0, 0.1) is 0 Å². The molecule has 0 spiro atoms. The van der Waals surface area contributed by atoms with Crippen molar-refractivity contribution in [2.45, 2.75) is 37.5 Å². The van der Waals surface area contributed by atoms with Crippen LogP contribution in [0.1, 0.15) is 26.2 Å². The normalized spacial score (nSPS) is 25.7. The molecule has 0 saturated carbocycles. The summed E-state index contributed by atoms with van der Waals surface area (Å²) in [5.74, 6) is 0.199. The van der Waals surface area contributed by atoms with E-state index in [-0.39, 0.29) is 23.3 Å². The lowest BCUT2D eigenvalue weighted by molar-refractivity contribution is -0.130. The van der Waals surface area contributed by atoms with Crippen molar-refractivity contribution in [3.63, 3.8) is 0 Å². The van der Waals surface area contributed by atoms with Crippen LogP contribution in [0.25, 0.3) is 0 Å². The molecule has 102 valence electrons. The lowest BCUT2D eigenvalue weighted by atomic mass is 10.0. The molecule has 1 atom stereocenters. The predicted molar refractivity (Wildman–Crippen MR) is 70.7 cm³/mol. The molecule has 2 amide bonds. The van der Waals surface area contributed by atoms with E-state index in [0.29, 0.717) is 26.1 Å². The molecule has 2 fully saturated rings. The summed E-state index contributed by atoms with van der Waals surface area (Å²) in [5, 5.41) is 0.167. The van der Waals surface area contributed by atoms with Crippen LogP contribution < -0.4 is 0 Å².